The summed E-state index contributed by atoms with van der Waals surface area (Å²) in [5.74, 6) is 3.73. The summed E-state index contributed by atoms with van der Waals surface area (Å²) in [5.41, 5.74) is 0.815. The van der Waals surface area contributed by atoms with Gasteiger partial charge in [-0.2, -0.15) is 10.2 Å². The third-order valence-corrected chi connectivity index (χ3v) is 5.10. The van der Waals surface area contributed by atoms with E-state index in [1.54, 1.807) is 7.11 Å². The van der Waals surface area contributed by atoms with E-state index in [0.29, 0.717) is 19.3 Å². The molecule has 1 amide bonds. The molecule has 0 radical (unpaired) electrons. The van der Waals surface area contributed by atoms with Crippen molar-refractivity contribution in [1.29, 1.82) is 0 Å². The maximum absolute atomic E-state index is 12.5. The predicted octanol–water partition coefficient (Wildman–Crippen LogP) is 2.70. The molecule has 3 rings (SSSR count). The Balaban J connectivity index is 1.42. The molecule has 2 aliphatic rings. The molecule has 138 valence electrons. The summed E-state index contributed by atoms with van der Waals surface area (Å²) in [5, 5.41) is 8.20. The summed E-state index contributed by atoms with van der Waals surface area (Å²) in [7, 11) is 1.70. The first-order valence-corrected chi connectivity index (χ1v) is 9.15. The van der Waals surface area contributed by atoms with Crippen LogP contribution in [0.3, 0.4) is 0 Å². The van der Waals surface area contributed by atoms with Gasteiger partial charge < -0.3 is 9.64 Å². The smallest absolute Gasteiger partial charge is 0.222 e. The number of ether oxygens (including phenoxy) is 1. The molecule has 2 aliphatic heterocycles. The first-order chi connectivity index (χ1) is 12.7. The lowest BCUT2D eigenvalue weighted by Crippen LogP contribution is -2.48. The van der Waals surface area contributed by atoms with Gasteiger partial charge in [0, 0.05) is 64.0 Å². The van der Waals surface area contributed by atoms with Gasteiger partial charge in [0.2, 0.25) is 5.91 Å². The molecule has 1 aromatic carbocycles. The van der Waals surface area contributed by atoms with Crippen LogP contribution in [0.2, 0.25) is 0 Å². The lowest BCUT2D eigenvalue weighted by Gasteiger charge is -2.35. The van der Waals surface area contributed by atoms with Crippen molar-refractivity contribution in [1.82, 2.24) is 9.80 Å². The molecule has 0 N–H and O–H groups in total. The van der Waals surface area contributed by atoms with Crippen molar-refractivity contribution in [2.75, 3.05) is 33.3 Å². The van der Waals surface area contributed by atoms with E-state index >= 15 is 0 Å². The van der Waals surface area contributed by atoms with Gasteiger partial charge in [-0.05, 0) is 6.07 Å². The van der Waals surface area contributed by atoms with E-state index in [-0.39, 0.29) is 11.6 Å². The van der Waals surface area contributed by atoms with Crippen molar-refractivity contribution in [3.63, 3.8) is 0 Å². The van der Waals surface area contributed by atoms with Gasteiger partial charge >= 0.3 is 0 Å². The van der Waals surface area contributed by atoms with Crippen molar-refractivity contribution in [2.24, 2.45) is 10.2 Å². The zero-order valence-corrected chi connectivity index (χ0v) is 15.4. The van der Waals surface area contributed by atoms with Crippen molar-refractivity contribution in [3.05, 3.63) is 29.8 Å². The van der Waals surface area contributed by atoms with Crippen molar-refractivity contribution < 1.29 is 9.53 Å². The Morgan fingerprint density at radius 2 is 1.96 bits per heavy atom. The van der Waals surface area contributed by atoms with Crippen LogP contribution in [0.1, 0.15) is 31.2 Å². The molecule has 1 aromatic rings. The zero-order chi connectivity index (χ0) is 18.4. The Labute approximate surface area is 155 Å². The monoisotopic (exact) mass is 354 g/mol. The van der Waals surface area contributed by atoms with Gasteiger partial charge in [-0.15, -0.1) is 12.3 Å². The number of piperazine rings is 1. The number of para-hydroxylation sites is 1. The average molecular weight is 354 g/mol. The topological polar surface area (TPSA) is 57.5 Å². The number of amides is 1. The number of hydrogen-bond acceptors (Lipinski definition) is 5. The molecule has 6 nitrogen and oxygen atoms in total. The van der Waals surface area contributed by atoms with Crippen LogP contribution in [0.5, 0.6) is 5.75 Å². The van der Waals surface area contributed by atoms with Crippen LogP contribution in [0, 0.1) is 12.3 Å². The Morgan fingerprint density at radius 1 is 1.23 bits per heavy atom. The summed E-state index contributed by atoms with van der Waals surface area (Å²) >= 11 is 0. The van der Waals surface area contributed by atoms with Gasteiger partial charge in [-0.1, -0.05) is 18.2 Å². The summed E-state index contributed by atoms with van der Waals surface area (Å²) in [4.78, 5) is 16.8. The lowest BCUT2D eigenvalue weighted by atomic mass is 10.0. The fourth-order valence-corrected chi connectivity index (χ4v) is 3.36. The van der Waals surface area contributed by atoms with E-state index in [9.17, 15) is 4.79 Å². The van der Waals surface area contributed by atoms with E-state index in [2.05, 4.69) is 27.1 Å². The maximum atomic E-state index is 12.5. The summed E-state index contributed by atoms with van der Waals surface area (Å²) < 4.78 is 5.42. The molecule has 26 heavy (non-hydrogen) atoms. The Hall–Kier alpha value is -2.39. The fourth-order valence-electron chi connectivity index (χ4n) is 3.36. The first-order valence-electron chi connectivity index (χ1n) is 9.15. The van der Waals surface area contributed by atoms with Crippen molar-refractivity contribution in [3.8, 4) is 18.1 Å². The van der Waals surface area contributed by atoms with Gasteiger partial charge in [0.05, 0.1) is 7.11 Å². The molecule has 1 fully saturated rings. The third kappa shape index (κ3) is 4.61. The Morgan fingerprint density at radius 3 is 2.62 bits per heavy atom. The summed E-state index contributed by atoms with van der Waals surface area (Å²) in [6.07, 6.45) is 7.88. The lowest BCUT2D eigenvalue weighted by molar-refractivity contribution is -0.133. The molecule has 2 heterocycles. The molecular weight excluding hydrogens is 328 g/mol. The largest absolute Gasteiger partial charge is 0.496 e. The van der Waals surface area contributed by atoms with Crippen LogP contribution in [-0.2, 0) is 11.3 Å². The molecular formula is C20H26N4O2. The third-order valence-electron chi connectivity index (χ3n) is 5.10. The second kappa shape index (κ2) is 8.33. The summed E-state index contributed by atoms with van der Waals surface area (Å²) in [6, 6.07) is 8.09. The van der Waals surface area contributed by atoms with Crippen LogP contribution in [0.4, 0.5) is 0 Å². The van der Waals surface area contributed by atoms with Crippen LogP contribution in [0.15, 0.2) is 34.5 Å². The Kier molecular flexibility index (Phi) is 5.89. The average Bonchev–Trinajstić information content (AvgIpc) is 3.46. The highest BCUT2D eigenvalue weighted by Gasteiger charge is 2.39. The normalized spacial score (nSPS) is 18.4. The van der Waals surface area contributed by atoms with Gasteiger partial charge in [0.25, 0.3) is 0 Å². The highest BCUT2D eigenvalue weighted by molar-refractivity contribution is 5.76. The van der Waals surface area contributed by atoms with Crippen LogP contribution >= 0.6 is 0 Å². The molecule has 0 spiro atoms. The number of hydrogen-bond donors (Lipinski definition) is 0. The molecule has 0 bridgehead atoms. The number of rotatable bonds is 8. The second-order valence-electron chi connectivity index (χ2n) is 6.86. The van der Waals surface area contributed by atoms with Crippen molar-refractivity contribution in [2.45, 2.75) is 37.9 Å². The number of carbonyl (C=O) groups excluding carboxylic acids is 1. The minimum Gasteiger partial charge on any atom is -0.496 e. The minimum atomic E-state index is -0.367. The van der Waals surface area contributed by atoms with Crippen molar-refractivity contribution >= 4 is 5.91 Å². The van der Waals surface area contributed by atoms with Crippen LogP contribution < -0.4 is 4.74 Å². The minimum absolute atomic E-state index is 0.194. The van der Waals surface area contributed by atoms with Gasteiger partial charge in [-0.25, -0.2) is 0 Å². The number of nitrogens with zero attached hydrogens (tertiary/aromatic N) is 4. The fraction of sp³-hybridized carbons (Fsp3) is 0.550. The van der Waals surface area contributed by atoms with Crippen LogP contribution in [0.25, 0.3) is 0 Å². The van der Waals surface area contributed by atoms with Crippen LogP contribution in [-0.4, -0.2) is 54.7 Å². The van der Waals surface area contributed by atoms with E-state index < -0.39 is 0 Å². The number of methoxy groups -OCH3 is 1. The molecule has 0 atom stereocenters. The van der Waals surface area contributed by atoms with E-state index in [1.165, 1.54) is 5.56 Å². The van der Waals surface area contributed by atoms with E-state index in [0.717, 1.165) is 44.9 Å². The van der Waals surface area contributed by atoms with E-state index in [4.69, 9.17) is 11.2 Å². The predicted molar refractivity (Wildman–Crippen MR) is 99.7 cm³/mol. The summed E-state index contributed by atoms with van der Waals surface area (Å²) in [6.45, 7) is 4.12. The number of terminal acetylenes is 1. The maximum Gasteiger partial charge on any atom is 0.222 e. The number of benzene rings is 1. The number of carbonyl (C=O) groups is 1. The Bertz CT molecular complexity index is 696. The molecule has 6 heteroatoms. The zero-order valence-electron chi connectivity index (χ0n) is 15.4. The van der Waals surface area contributed by atoms with E-state index in [1.807, 2.05) is 23.1 Å². The van der Waals surface area contributed by atoms with Gasteiger partial charge in [-0.3, -0.25) is 9.69 Å². The molecule has 0 saturated carbocycles. The standard InChI is InChI=1S/C20H26N4O2/c1-3-4-10-20(21-22-20)11-9-19(25)24-14-12-23(13-15-24)16-17-7-5-6-8-18(17)26-2/h1,5-8H,4,9-16H2,2H3. The van der Waals surface area contributed by atoms with Gasteiger partial charge in [0.15, 0.2) is 5.66 Å². The molecule has 0 aliphatic carbocycles. The molecule has 0 unspecified atom stereocenters. The van der Waals surface area contributed by atoms with Gasteiger partial charge in [0.1, 0.15) is 5.75 Å². The second-order valence-corrected chi connectivity index (χ2v) is 6.86. The highest BCUT2D eigenvalue weighted by atomic mass is 16.5. The highest BCUT2D eigenvalue weighted by Crippen LogP contribution is 2.37. The molecule has 0 aromatic heterocycles. The first kappa shape index (κ1) is 18.4. The SMILES string of the molecule is C#CCCC1(CCC(=O)N2CCN(Cc3ccccc3OC)CC2)N=N1. The molecule has 1 saturated heterocycles. The quantitative estimate of drug-likeness (QED) is 0.675.